The van der Waals surface area contributed by atoms with Crippen molar-refractivity contribution in [3.05, 3.63) is 47.3 Å². The van der Waals surface area contributed by atoms with Crippen LogP contribution < -0.4 is 5.73 Å². The Bertz CT molecular complexity index is 723. The number of piperidine rings is 1. The number of para-hydroxylation sites is 1. The molecule has 5 nitrogen and oxygen atoms in total. The summed E-state index contributed by atoms with van der Waals surface area (Å²) in [6.45, 7) is 8.98. The van der Waals surface area contributed by atoms with E-state index in [0.29, 0.717) is 12.5 Å². The van der Waals surface area contributed by atoms with Crippen molar-refractivity contribution >= 4 is 5.96 Å². The maximum Gasteiger partial charge on any atom is 0.191 e. The van der Waals surface area contributed by atoms with Crippen LogP contribution in [0, 0.1) is 19.8 Å². The minimum absolute atomic E-state index is 0.576. The lowest BCUT2D eigenvalue weighted by atomic mass is 10.00. The molecule has 2 heterocycles. The van der Waals surface area contributed by atoms with Gasteiger partial charge in [-0.3, -0.25) is 0 Å². The van der Waals surface area contributed by atoms with Gasteiger partial charge in [-0.05, 0) is 50.3 Å². The van der Waals surface area contributed by atoms with Gasteiger partial charge in [0.15, 0.2) is 5.96 Å². The third kappa shape index (κ3) is 3.61. The summed E-state index contributed by atoms with van der Waals surface area (Å²) in [4.78, 5) is 6.85. The van der Waals surface area contributed by atoms with Crippen LogP contribution in [0.2, 0.25) is 0 Å². The van der Waals surface area contributed by atoms with Crippen molar-refractivity contribution in [1.29, 1.82) is 0 Å². The van der Waals surface area contributed by atoms with E-state index in [9.17, 15) is 0 Å². The van der Waals surface area contributed by atoms with Crippen molar-refractivity contribution in [2.75, 3.05) is 13.1 Å². The number of hydrogen-bond donors (Lipinski definition) is 1. The zero-order valence-corrected chi connectivity index (χ0v) is 14.9. The molecule has 2 aromatic rings. The molecule has 2 N–H and O–H groups in total. The van der Waals surface area contributed by atoms with Crippen molar-refractivity contribution in [3.63, 3.8) is 0 Å². The van der Waals surface area contributed by atoms with Crippen LogP contribution in [0.1, 0.15) is 36.7 Å². The van der Waals surface area contributed by atoms with Crippen LogP contribution in [0.4, 0.5) is 0 Å². The molecule has 1 aliphatic heterocycles. The minimum Gasteiger partial charge on any atom is -0.370 e. The molecule has 0 amide bonds. The van der Waals surface area contributed by atoms with Gasteiger partial charge in [-0.15, -0.1) is 0 Å². The quantitative estimate of drug-likeness (QED) is 0.697. The Labute approximate surface area is 144 Å². The molecule has 0 atom stereocenters. The summed E-state index contributed by atoms with van der Waals surface area (Å²) in [5.74, 6) is 1.45. The highest BCUT2D eigenvalue weighted by atomic mass is 15.3. The van der Waals surface area contributed by atoms with Crippen molar-refractivity contribution < 1.29 is 0 Å². The number of hydrogen-bond acceptors (Lipinski definition) is 2. The van der Waals surface area contributed by atoms with Gasteiger partial charge in [0.1, 0.15) is 0 Å². The normalized spacial score (nSPS) is 16.6. The Morgan fingerprint density at radius 1 is 1.25 bits per heavy atom. The van der Waals surface area contributed by atoms with Gasteiger partial charge < -0.3 is 10.6 Å². The van der Waals surface area contributed by atoms with Crippen molar-refractivity contribution in [2.45, 2.75) is 40.2 Å². The van der Waals surface area contributed by atoms with E-state index in [1.54, 1.807) is 0 Å². The summed E-state index contributed by atoms with van der Waals surface area (Å²) in [7, 11) is 0. The SMILES string of the molecule is Cc1cc(C)n(-c2ccccc2CN=C(N)N2CCC(C)CC2)n1. The molecule has 1 fully saturated rings. The van der Waals surface area contributed by atoms with E-state index in [-0.39, 0.29) is 0 Å². The second-order valence-corrected chi connectivity index (χ2v) is 6.81. The summed E-state index contributed by atoms with van der Waals surface area (Å²) in [5.41, 5.74) is 10.6. The second-order valence-electron chi connectivity index (χ2n) is 6.81. The zero-order valence-electron chi connectivity index (χ0n) is 14.9. The van der Waals surface area contributed by atoms with E-state index in [2.05, 4.69) is 47.0 Å². The first kappa shape index (κ1) is 16.6. The number of guanidine groups is 1. The van der Waals surface area contributed by atoms with E-state index in [1.807, 2.05) is 23.7 Å². The molecule has 1 aliphatic rings. The lowest BCUT2D eigenvalue weighted by molar-refractivity contribution is 0.277. The minimum atomic E-state index is 0.576. The number of rotatable bonds is 3. The van der Waals surface area contributed by atoms with Crippen molar-refractivity contribution in [1.82, 2.24) is 14.7 Å². The van der Waals surface area contributed by atoms with E-state index in [4.69, 9.17) is 5.73 Å². The van der Waals surface area contributed by atoms with Crippen LogP contribution >= 0.6 is 0 Å². The fourth-order valence-electron chi connectivity index (χ4n) is 3.23. The van der Waals surface area contributed by atoms with Crippen LogP contribution in [0.5, 0.6) is 0 Å². The Morgan fingerprint density at radius 2 is 1.96 bits per heavy atom. The molecule has 0 saturated carbocycles. The molecule has 24 heavy (non-hydrogen) atoms. The fourth-order valence-corrected chi connectivity index (χ4v) is 3.23. The van der Waals surface area contributed by atoms with Crippen LogP contribution in [-0.2, 0) is 6.54 Å². The van der Waals surface area contributed by atoms with E-state index < -0.39 is 0 Å². The smallest absolute Gasteiger partial charge is 0.191 e. The number of nitrogens with two attached hydrogens (primary N) is 1. The lowest BCUT2D eigenvalue weighted by Gasteiger charge is -2.31. The predicted molar refractivity (Wildman–Crippen MR) is 98.3 cm³/mol. The molecule has 1 aromatic carbocycles. The van der Waals surface area contributed by atoms with Gasteiger partial charge >= 0.3 is 0 Å². The third-order valence-corrected chi connectivity index (χ3v) is 4.75. The summed E-state index contributed by atoms with van der Waals surface area (Å²) < 4.78 is 1.99. The summed E-state index contributed by atoms with van der Waals surface area (Å²) in [5, 5.41) is 4.59. The number of aromatic nitrogens is 2. The van der Waals surface area contributed by atoms with Gasteiger partial charge in [-0.2, -0.15) is 5.10 Å². The Balaban J connectivity index is 1.78. The van der Waals surface area contributed by atoms with Crippen molar-refractivity contribution in [3.8, 4) is 5.69 Å². The average Bonchev–Trinajstić information content (AvgIpc) is 2.92. The number of nitrogens with zero attached hydrogens (tertiary/aromatic N) is 4. The number of aliphatic imine (C=N–C) groups is 1. The summed E-state index contributed by atoms with van der Waals surface area (Å²) in [6, 6.07) is 10.3. The average molecular weight is 325 g/mol. The first-order valence-electron chi connectivity index (χ1n) is 8.71. The van der Waals surface area contributed by atoms with E-state index >= 15 is 0 Å². The highest BCUT2D eigenvalue weighted by Gasteiger charge is 2.17. The van der Waals surface area contributed by atoms with Crippen LogP contribution in [0.25, 0.3) is 5.69 Å². The third-order valence-electron chi connectivity index (χ3n) is 4.75. The van der Waals surface area contributed by atoms with E-state index in [0.717, 1.165) is 41.6 Å². The molecule has 3 rings (SSSR count). The van der Waals surface area contributed by atoms with Crippen LogP contribution in [0.15, 0.2) is 35.3 Å². The number of likely N-dealkylation sites (tertiary alicyclic amines) is 1. The second kappa shape index (κ2) is 7.07. The largest absolute Gasteiger partial charge is 0.370 e. The first-order valence-corrected chi connectivity index (χ1v) is 8.71. The van der Waals surface area contributed by atoms with Gasteiger partial charge in [0, 0.05) is 18.8 Å². The number of benzene rings is 1. The molecular weight excluding hydrogens is 298 g/mol. The highest BCUT2D eigenvalue weighted by Crippen LogP contribution is 2.19. The highest BCUT2D eigenvalue weighted by molar-refractivity contribution is 5.78. The number of aryl methyl sites for hydroxylation is 2. The van der Waals surface area contributed by atoms with E-state index in [1.165, 1.54) is 12.8 Å². The molecular formula is C19H27N5. The maximum absolute atomic E-state index is 6.22. The first-order chi connectivity index (χ1) is 11.5. The van der Waals surface area contributed by atoms with Crippen LogP contribution in [-0.4, -0.2) is 33.7 Å². The molecule has 0 aliphatic carbocycles. The van der Waals surface area contributed by atoms with Gasteiger partial charge in [0.2, 0.25) is 0 Å². The Morgan fingerprint density at radius 3 is 2.62 bits per heavy atom. The topological polar surface area (TPSA) is 59.4 Å². The molecule has 0 spiro atoms. The van der Waals surface area contributed by atoms with Gasteiger partial charge in [-0.25, -0.2) is 9.67 Å². The van der Waals surface area contributed by atoms with Crippen LogP contribution in [0.3, 0.4) is 0 Å². The maximum atomic E-state index is 6.22. The standard InChI is InChI=1S/C19H27N5/c1-14-8-10-23(11-9-14)19(20)21-13-17-6-4-5-7-18(17)24-16(3)12-15(2)22-24/h4-7,12,14H,8-11,13H2,1-3H3,(H2,20,21). The molecule has 0 radical (unpaired) electrons. The van der Waals surface area contributed by atoms with Gasteiger partial charge in [-0.1, -0.05) is 25.1 Å². The Kier molecular flexibility index (Phi) is 4.88. The monoisotopic (exact) mass is 325 g/mol. The molecule has 0 unspecified atom stereocenters. The molecule has 1 saturated heterocycles. The summed E-state index contributed by atoms with van der Waals surface area (Å²) in [6.07, 6.45) is 2.39. The Hall–Kier alpha value is -2.30. The molecule has 5 heteroatoms. The van der Waals surface area contributed by atoms with Crippen molar-refractivity contribution in [2.24, 2.45) is 16.6 Å². The lowest BCUT2D eigenvalue weighted by Crippen LogP contribution is -2.42. The fraction of sp³-hybridized carbons (Fsp3) is 0.474. The molecule has 0 bridgehead atoms. The van der Waals surface area contributed by atoms with Gasteiger partial charge in [0.05, 0.1) is 17.9 Å². The zero-order chi connectivity index (χ0) is 17.1. The summed E-state index contributed by atoms with van der Waals surface area (Å²) >= 11 is 0. The predicted octanol–water partition coefficient (Wildman–Crippen LogP) is 3.04. The van der Waals surface area contributed by atoms with Gasteiger partial charge in [0.25, 0.3) is 0 Å². The molecule has 128 valence electrons. The molecule has 1 aromatic heterocycles.